The number of aliphatic hydroxyl groups excluding tert-OH is 1. The standard InChI is InChI=1S/C24H26O5/c1-4-28-22-13-8-18(9-14-22)6-11-20(25)17-21(26)12-7-19-10-15-23(29-5-2)24(16-19)27-3/h6-17,26H,4-5H2,1-3H3/b11-6+,12-7+,21-17-. The lowest BCUT2D eigenvalue weighted by molar-refractivity contribution is -0.110. The van der Waals surface area contributed by atoms with Crippen LogP contribution in [0, 0.1) is 0 Å². The first-order chi connectivity index (χ1) is 14.0. The van der Waals surface area contributed by atoms with Crippen molar-refractivity contribution in [1.29, 1.82) is 0 Å². The van der Waals surface area contributed by atoms with Gasteiger partial charge in [-0.1, -0.05) is 30.4 Å². The highest BCUT2D eigenvalue weighted by Crippen LogP contribution is 2.28. The predicted molar refractivity (Wildman–Crippen MR) is 116 cm³/mol. The van der Waals surface area contributed by atoms with E-state index in [0.29, 0.717) is 24.7 Å². The van der Waals surface area contributed by atoms with Gasteiger partial charge in [-0.25, -0.2) is 0 Å². The third kappa shape index (κ3) is 7.22. The number of hydrogen-bond acceptors (Lipinski definition) is 5. The quantitative estimate of drug-likeness (QED) is 0.340. The molecule has 0 atom stereocenters. The maximum absolute atomic E-state index is 12.0. The SMILES string of the molecule is CCOc1ccc(/C=C/C(=O)/C=C(O)/C=C/c2ccc(OCC)c(OC)c2)cc1. The van der Waals surface area contributed by atoms with E-state index >= 15 is 0 Å². The summed E-state index contributed by atoms with van der Waals surface area (Å²) in [6.07, 6.45) is 7.39. The summed E-state index contributed by atoms with van der Waals surface area (Å²) in [6.45, 7) is 4.97. The molecule has 152 valence electrons. The van der Waals surface area contributed by atoms with E-state index in [2.05, 4.69) is 0 Å². The summed E-state index contributed by atoms with van der Waals surface area (Å²) < 4.78 is 16.2. The van der Waals surface area contributed by atoms with Crippen molar-refractivity contribution < 1.29 is 24.1 Å². The van der Waals surface area contributed by atoms with E-state index < -0.39 is 0 Å². The molecule has 0 fully saturated rings. The summed E-state index contributed by atoms with van der Waals surface area (Å²) in [4.78, 5) is 12.0. The van der Waals surface area contributed by atoms with Crippen molar-refractivity contribution in [2.75, 3.05) is 20.3 Å². The van der Waals surface area contributed by atoms with E-state index in [1.54, 1.807) is 31.4 Å². The molecule has 2 aromatic rings. The van der Waals surface area contributed by atoms with E-state index in [0.717, 1.165) is 23.0 Å². The average molecular weight is 394 g/mol. The van der Waals surface area contributed by atoms with Crippen LogP contribution in [0.25, 0.3) is 12.2 Å². The molecule has 2 aromatic carbocycles. The lowest BCUT2D eigenvalue weighted by Crippen LogP contribution is -1.95. The van der Waals surface area contributed by atoms with E-state index in [9.17, 15) is 9.90 Å². The molecular formula is C24H26O5. The Hall–Kier alpha value is -3.47. The number of ketones is 1. The third-order valence-corrected chi connectivity index (χ3v) is 3.86. The molecule has 0 heterocycles. The van der Waals surface area contributed by atoms with Gasteiger partial charge >= 0.3 is 0 Å². The van der Waals surface area contributed by atoms with Gasteiger partial charge in [0.15, 0.2) is 17.3 Å². The van der Waals surface area contributed by atoms with Crippen molar-refractivity contribution in [2.45, 2.75) is 13.8 Å². The average Bonchev–Trinajstić information content (AvgIpc) is 2.73. The molecule has 1 N–H and O–H groups in total. The lowest BCUT2D eigenvalue weighted by Gasteiger charge is -2.09. The molecule has 5 heteroatoms. The largest absolute Gasteiger partial charge is 0.508 e. The number of methoxy groups -OCH3 is 1. The van der Waals surface area contributed by atoms with Crippen LogP contribution >= 0.6 is 0 Å². The first-order valence-electron chi connectivity index (χ1n) is 9.40. The number of hydrogen-bond donors (Lipinski definition) is 1. The number of carbonyl (C=O) groups is 1. The highest BCUT2D eigenvalue weighted by Gasteiger charge is 2.04. The molecule has 0 aromatic heterocycles. The summed E-state index contributed by atoms with van der Waals surface area (Å²) >= 11 is 0. The van der Waals surface area contributed by atoms with Crippen LogP contribution in [0.3, 0.4) is 0 Å². The molecule has 0 saturated heterocycles. The molecule has 0 radical (unpaired) electrons. The first-order valence-corrected chi connectivity index (χ1v) is 9.40. The van der Waals surface area contributed by atoms with Crippen molar-refractivity contribution in [1.82, 2.24) is 0 Å². The number of benzene rings is 2. The Morgan fingerprint density at radius 1 is 0.897 bits per heavy atom. The maximum atomic E-state index is 12.0. The lowest BCUT2D eigenvalue weighted by atomic mass is 10.1. The number of ether oxygens (including phenoxy) is 3. The maximum Gasteiger partial charge on any atom is 0.182 e. The van der Waals surface area contributed by atoms with Gasteiger partial charge in [-0.15, -0.1) is 0 Å². The van der Waals surface area contributed by atoms with Crippen LogP contribution in [0.15, 0.2) is 66.5 Å². The zero-order valence-corrected chi connectivity index (χ0v) is 16.9. The van der Waals surface area contributed by atoms with Crippen molar-refractivity contribution in [3.05, 3.63) is 77.6 Å². The molecule has 0 aliphatic rings. The topological polar surface area (TPSA) is 65.0 Å². The van der Waals surface area contributed by atoms with Crippen LogP contribution in [-0.2, 0) is 4.79 Å². The van der Waals surface area contributed by atoms with E-state index in [1.165, 1.54) is 12.2 Å². The van der Waals surface area contributed by atoms with Crippen LogP contribution < -0.4 is 14.2 Å². The van der Waals surface area contributed by atoms with E-state index in [4.69, 9.17) is 14.2 Å². The molecule has 29 heavy (non-hydrogen) atoms. The van der Waals surface area contributed by atoms with E-state index in [-0.39, 0.29) is 11.5 Å². The molecular weight excluding hydrogens is 368 g/mol. The van der Waals surface area contributed by atoms with Gasteiger partial charge in [0.1, 0.15) is 11.5 Å². The van der Waals surface area contributed by atoms with Gasteiger partial charge in [0.05, 0.1) is 20.3 Å². The Balaban J connectivity index is 2.00. The minimum atomic E-state index is -0.315. The Kier molecular flexibility index (Phi) is 8.57. The normalized spacial score (nSPS) is 11.8. The molecule has 2 rings (SSSR count). The predicted octanol–water partition coefficient (Wildman–Crippen LogP) is 5.23. The second-order valence-electron chi connectivity index (χ2n) is 5.98. The van der Waals surface area contributed by atoms with Crippen LogP contribution in [0.1, 0.15) is 25.0 Å². The van der Waals surface area contributed by atoms with Crippen molar-refractivity contribution >= 4 is 17.9 Å². The Bertz CT molecular complexity index is 892. The second-order valence-corrected chi connectivity index (χ2v) is 5.98. The summed E-state index contributed by atoms with van der Waals surface area (Å²) in [5.41, 5.74) is 1.68. The summed E-state index contributed by atoms with van der Waals surface area (Å²) in [6, 6.07) is 12.8. The summed E-state index contributed by atoms with van der Waals surface area (Å²) in [7, 11) is 1.57. The molecule has 0 aliphatic carbocycles. The first kappa shape index (κ1) is 21.8. The molecule has 0 bridgehead atoms. The fourth-order valence-electron chi connectivity index (χ4n) is 2.51. The van der Waals surface area contributed by atoms with Gasteiger partial charge in [0, 0.05) is 6.08 Å². The monoisotopic (exact) mass is 394 g/mol. The smallest absolute Gasteiger partial charge is 0.182 e. The number of carbonyl (C=O) groups excluding carboxylic acids is 1. The minimum absolute atomic E-state index is 0.140. The minimum Gasteiger partial charge on any atom is -0.508 e. The molecule has 5 nitrogen and oxygen atoms in total. The third-order valence-electron chi connectivity index (χ3n) is 3.86. The highest BCUT2D eigenvalue weighted by molar-refractivity contribution is 6.02. The molecule has 0 aliphatic heterocycles. The highest BCUT2D eigenvalue weighted by atomic mass is 16.5. The molecule has 0 saturated carbocycles. The summed E-state index contributed by atoms with van der Waals surface area (Å²) in [5.74, 6) is 1.59. The Morgan fingerprint density at radius 2 is 1.55 bits per heavy atom. The van der Waals surface area contributed by atoms with Gasteiger partial charge in [-0.2, -0.15) is 0 Å². The van der Waals surface area contributed by atoms with Crippen molar-refractivity contribution in [3.8, 4) is 17.2 Å². The number of aliphatic hydroxyl groups is 1. The van der Waals surface area contributed by atoms with E-state index in [1.807, 2.05) is 44.2 Å². The fraction of sp³-hybridized carbons (Fsp3) is 0.208. The van der Waals surface area contributed by atoms with Gasteiger partial charge in [0.2, 0.25) is 0 Å². The number of rotatable bonds is 10. The van der Waals surface area contributed by atoms with Crippen LogP contribution in [0.5, 0.6) is 17.2 Å². The van der Waals surface area contributed by atoms with Crippen molar-refractivity contribution in [3.63, 3.8) is 0 Å². The zero-order valence-electron chi connectivity index (χ0n) is 16.9. The zero-order chi connectivity index (χ0) is 21.1. The summed E-state index contributed by atoms with van der Waals surface area (Å²) in [5, 5.41) is 9.99. The molecule has 0 amide bonds. The number of allylic oxidation sites excluding steroid dienone is 3. The molecule has 0 spiro atoms. The van der Waals surface area contributed by atoms with Crippen LogP contribution in [0.4, 0.5) is 0 Å². The van der Waals surface area contributed by atoms with Gasteiger partial charge in [-0.3, -0.25) is 4.79 Å². The van der Waals surface area contributed by atoms with Crippen LogP contribution in [-0.4, -0.2) is 31.2 Å². The van der Waals surface area contributed by atoms with Gasteiger partial charge in [-0.05, 0) is 61.4 Å². The van der Waals surface area contributed by atoms with Gasteiger partial charge < -0.3 is 19.3 Å². The Labute approximate surface area is 171 Å². The Morgan fingerprint density at radius 3 is 2.21 bits per heavy atom. The van der Waals surface area contributed by atoms with Gasteiger partial charge in [0.25, 0.3) is 0 Å². The molecule has 0 unspecified atom stereocenters. The van der Waals surface area contributed by atoms with Crippen molar-refractivity contribution in [2.24, 2.45) is 0 Å². The van der Waals surface area contributed by atoms with Crippen LogP contribution in [0.2, 0.25) is 0 Å². The fourth-order valence-corrected chi connectivity index (χ4v) is 2.51. The second kappa shape index (κ2) is 11.4.